The van der Waals surface area contributed by atoms with Gasteiger partial charge in [-0.2, -0.15) is 0 Å². The minimum Gasteiger partial charge on any atom is -0.481 e. The first-order valence-electron chi connectivity index (χ1n) is 8.34. The summed E-state index contributed by atoms with van der Waals surface area (Å²) in [5, 5.41) is 0. The summed E-state index contributed by atoms with van der Waals surface area (Å²) < 4.78 is 5.34. The Morgan fingerprint density at radius 1 is 1.18 bits per heavy atom. The summed E-state index contributed by atoms with van der Waals surface area (Å²) in [6.45, 7) is 3.80. The molecule has 1 saturated carbocycles. The molecule has 1 fully saturated rings. The molecule has 1 aromatic heterocycles. The second-order valence-corrected chi connectivity index (χ2v) is 6.59. The van der Waals surface area contributed by atoms with Crippen LogP contribution in [0.4, 0.5) is 0 Å². The monoisotopic (exact) mass is 303 g/mol. The van der Waals surface area contributed by atoms with E-state index in [4.69, 9.17) is 4.74 Å². The first kappa shape index (κ1) is 15.3. The fraction of sp³-hybridized carbons (Fsp3) is 0.706. The van der Waals surface area contributed by atoms with Crippen LogP contribution in [0.1, 0.15) is 43.9 Å². The van der Waals surface area contributed by atoms with Gasteiger partial charge in [-0.15, -0.1) is 0 Å². The van der Waals surface area contributed by atoms with Crippen molar-refractivity contribution in [1.82, 2.24) is 14.9 Å². The number of hydrogen-bond donors (Lipinski definition) is 0. The normalized spacial score (nSPS) is 25.3. The molecule has 1 aliphatic carbocycles. The van der Waals surface area contributed by atoms with Gasteiger partial charge in [-0.25, -0.2) is 9.97 Å². The number of rotatable bonds is 2. The van der Waals surface area contributed by atoms with Gasteiger partial charge >= 0.3 is 0 Å². The summed E-state index contributed by atoms with van der Waals surface area (Å²) in [4.78, 5) is 23.4. The van der Waals surface area contributed by atoms with E-state index in [2.05, 4.69) is 16.9 Å². The standard InChI is InChI=1S/C17H25N3O2/c1-12-3-5-13(6-4-12)17(21)20-9-7-14-15(8-10-20)18-11-19-16(14)22-2/h11-13H,3-10H2,1-2H3. The molecule has 0 radical (unpaired) electrons. The van der Waals surface area contributed by atoms with Crippen molar-refractivity contribution < 1.29 is 9.53 Å². The van der Waals surface area contributed by atoms with Crippen LogP contribution in [0.2, 0.25) is 0 Å². The number of hydrogen-bond acceptors (Lipinski definition) is 4. The van der Waals surface area contributed by atoms with E-state index in [1.165, 1.54) is 12.8 Å². The topological polar surface area (TPSA) is 55.3 Å². The van der Waals surface area contributed by atoms with Crippen LogP contribution in [0.15, 0.2) is 6.33 Å². The maximum Gasteiger partial charge on any atom is 0.225 e. The number of amides is 1. The molecular formula is C17H25N3O2. The average molecular weight is 303 g/mol. The van der Waals surface area contributed by atoms with E-state index in [0.717, 1.165) is 55.9 Å². The lowest BCUT2D eigenvalue weighted by molar-refractivity contribution is -0.136. The molecule has 0 aromatic carbocycles. The Morgan fingerprint density at radius 3 is 2.64 bits per heavy atom. The van der Waals surface area contributed by atoms with Gasteiger partial charge in [0.2, 0.25) is 11.8 Å². The van der Waals surface area contributed by atoms with Crippen molar-refractivity contribution in [3.63, 3.8) is 0 Å². The minimum absolute atomic E-state index is 0.227. The smallest absolute Gasteiger partial charge is 0.225 e. The van der Waals surface area contributed by atoms with Crippen molar-refractivity contribution in [2.75, 3.05) is 20.2 Å². The Balaban J connectivity index is 1.68. The molecular weight excluding hydrogens is 278 g/mol. The second-order valence-electron chi connectivity index (χ2n) is 6.59. The van der Waals surface area contributed by atoms with Gasteiger partial charge in [-0.05, 0) is 38.0 Å². The summed E-state index contributed by atoms with van der Waals surface area (Å²) >= 11 is 0. The molecule has 22 heavy (non-hydrogen) atoms. The van der Waals surface area contributed by atoms with E-state index in [1.54, 1.807) is 13.4 Å². The van der Waals surface area contributed by atoms with E-state index in [0.29, 0.717) is 11.8 Å². The highest BCUT2D eigenvalue weighted by Crippen LogP contribution is 2.30. The number of carbonyl (C=O) groups excluding carboxylic acids is 1. The predicted molar refractivity (Wildman–Crippen MR) is 83.7 cm³/mol. The molecule has 0 bridgehead atoms. The third-order valence-corrected chi connectivity index (χ3v) is 5.12. The van der Waals surface area contributed by atoms with E-state index < -0.39 is 0 Å². The zero-order chi connectivity index (χ0) is 15.5. The van der Waals surface area contributed by atoms with Crippen LogP contribution in [0.5, 0.6) is 5.88 Å². The van der Waals surface area contributed by atoms with Gasteiger partial charge < -0.3 is 9.64 Å². The van der Waals surface area contributed by atoms with Gasteiger partial charge in [0.15, 0.2) is 0 Å². The van der Waals surface area contributed by atoms with Gasteiger partial charge in [-0.3, -0.25) is 4.79 Å². The second kappa shape index (κ2) is 6.63. The van der Waals surface area contributed by atoms with Gasteiger partial charge in [-0.1, -0.05) is 6.92 Å². The first-order chi connectivity index (χ1) is 10.7. The third kappa shape index (κ3) is 3.08. The lowest BCUT2D eigenvalue weighted by Gasteiger charge is -2.30. The SMILES string of the molecule is COc1ncnc2c1CCN(C(=O)C1CCC(C)CC1)CC2. The molecule has 2 aliphatic rings. The Bertz CT molecular complexity index is 539. The fourth-order valence-corrected chi connectivity index (χ4v) is 3.66. The molecule has 0 N–H and O–H groups in total. The van der Waals surface area contributed by atoms with Crippen molar-refractivity contribution in [2.24, 2.45) is 11.8 Å². The zero-order valence-corrected chi connectivity index (χ0v) is 13.5. The number of aromatic nitrogens is 2. The average Bonchev–Trinajstić information content (AvgIpc) is 2.77. The largest absolute Gasteiger partial charge is 0.481 e. The van der Waals surface area contributed by atoms with Crippen LogP contribution in [-0.4, -0.2) is 41.0 Å². The Morgan fingerprint density at radius 2 is 1.91 bits per heavy atom. The highest BCUT2D eigenvalue weighted by Gasteiger charge is 2.29. The number of methoxy groups -OCH3 is 1. The highest BCUT2D eigenvalue weighted by atomic mass is 16.5. The molecule has 0 spiro atoms. The number of carbonyl (C=O) groups is 1. The predicted octanol–water partition coefficient (Wildman–Crippen LogP) is 2.24. The van der Waals surface area contributed by atoms with Crippen LogP contribution >= 0.6 is 0 Å². The molecule has 5 nitrogen and oxygen atoms in total. The molecule has 120 valence electrons. The fourth-order valence-electron chi connectivity index (χ4n) is 3.66. The molecule has 0 atom stereocenters. The number of nitrogens with zero attached hydrogens (tertiary/aromatic N) is 3. The molecule has 1 aromatic rings. The lowest BCUT2D eigenvalue weighted by Crippen LogP contribution is -2.39. The quantitative estimate of drug-likeness (QED) is 0.841. The van der Waals surface area contributed by atoms with Crippen LogP contribution in [0.25, 0.3) is 0 Å². The van der Waals surface area contributed by atoms with Crippen molar-refractivity contribution in [3.05, 3.63) is 17.6 Å². The van der Waals surface area contributed by atoms with E-state index in [1.807, 2.05) is 4.90 Å². The summed E-state index contributed by atoms with van der Waals surface area (Å²) in [6, 6.07) is 0. The highest BCUT2D eigenvalue weighted by molar-refractivity contribution is 5.79. The Hall–Kier alpha value is -1.65. The minimum atomic E-state index is 0.227. The molecule has 2 heterocycles. The molecule has 5 heteroatoms. The van der Waals surface area contributed by atoms with Crippen molar-refractivity contribution in [2.45, 2.75) is 45.4 Å². The maximum atomic E-state index is 12.8. The van der Waals surface area contributed by atoms with Crippen LogP contribution < -0.4 is 4.74 Å². The van der Waals surface area contributed by atoms with Crippen molar-refractivity contribution in [3.8, 4) is 5.88 Å². The molecule has 1 amide bonds. The molecule has 1 aliphatic heterocycles. The Kier molecular flexibility index (Phi) is 4.60. The van der Waals surface area contributed by atoms with Gasteiger partial charge in [0.25, 0.3) is 0 Å². The van der Waals surface area contributed by atoms with Crippen LogP contribution in [0, 0.1) is 11.8 Å². The number of ether oxygens (including phenoxy) is 1. The van der Waals surface area contributed by atoms with E-state index in [9.17, 15) is 4.79 Å². The molecule has 3 rings (SSSR count). The Labute approximate surface area is 132 Å². The zero-order valence-electron chi connectivity index (χ0n) is 13.5. The number of fused-ring (bicyclic) bond motifs is 1. The van der Waals surface area contributed by atoms with Gasteiger partial charge in [0.05, 0.1) is 12.8 Å². The first-order valence-corrected chi connectivity index (χ1v) is 8.34. The maximum absolute atomic E-state index is 12.8. The van der Waals surface area contributed by atoms with Crippen molar-refractivity contribution >= 4 is 5.91 Å². The summed E-state index contributed by atoms with van der Waals surface area (Å²) in [7, 11) is 1.64. The summed E-state index contributed by atoms with van der Waals surface area (Å²) in [5.74, 6) is 2.00. The summed E-state index contributed by atoms with van der Waals surface area (Å²) in [6.07, 6.45) is 7.60. The summed E-state index contributed by atoms with van der Waals surface area (Å²) in [5.41, 5.74) is 2.09. The molecule has 0 saturated heterocycles. The molecule has 0 unspecified atom stereocenters. The lowest BCUT2D eigenvalue weighted by atomic mass is 9.82. The van der Waals surface area contributed by atoms with E-state index in [-0.39, 0.29) is 5.92 Å². The van der Waals surface area contributed by atoms with E-state index >= 15 is 0 Å². The van der Waals surface area contributed by atoms with Gasteiger partial charge in [0, 0.05) is 31.0 Å². The van der Waals surface area contributed by atoms with Gasteiger partial charge in [0.1, 0.15) is 6.33 Å². The van der Waals surface area contributed by atoms with Crippen LogP contribution in [0.3, 0.4) is 0 Å². The van der Waals surface area contributed by atoms with Crippen molar-refractivity contribution in [1.29, 1.82) is 0 Å². The third-order valence-electron chi connectivity index (χ3n) is 5.12. The van der Waals surface area contributed by atoms with Crippen LogP contribution in [-0.2, 0) is 17.6 Å².